The van der Waals surface area contributed by atoms with Gasteiger partial charge in [0.15, 0.2) is 0 Å². The number of carbonyl (C=O) groups is 2. The summed E-state index contributed by atoms with van der Waals surface area (Å²) in [6.07, 6.45) is 2.18. The highest BCUT2D eigenvalue weighted by Crippen LogP contribution is 2.63. The Hall–Kier alpha value is 0.260. The van der Waals surface area contributed by atoms with Gasteiger partial charge in [0.05, 0.1) is 16.9 Å². The van der Waals surface area contributed by atoms with Gasteiger partial charge in [-0.25, -0.2) is 9.59 Å². The van der Waals surface area contributed by atoms with E-state index in [9.17, 15) is 19.8 Å². The number of carboxylic acid groups (broad SMARTS) is 2. The van der Waals surface area contributed by atoms with E-state index in [1.54, 1.807) is 23.5 Å². The van der Waals surface area contributed by atoms with Crippen molar-refractivity contribution >= 4 is 82.5 Å². The van der Waals surface area contributed by atoms with Crippen LogP contribution in [-0.2, 0) is 9.59 Å². The number of carboxylic acids is 2. The minimum absolute atomic E-state index is 0.0892. The topological polar surface area (TPSA) is 74.6 Å². The summed E-state index contributed by atoms with van der Waals surface area (Å²) in [5.41, 5.74) is 0. The van der Waals surface area contributed by atoms with Crippen LogP contribution >= 0.6 is 70.6 Å². The van der Waals surface area contributed by atoms with Gasteiger partial charge in [-0.2, -0.15) is 0 Å². The molecular formula is C14H16O4S6. The molecule has 2 N–H and O–H groups in total. The van der Waals surface area contributed by atoms with E-state index in [1.165, 1.54) is 8.47 Å². The second-order valence-electron chi connectivity index (χ2n) is 4.52. The first-order valence-corrected chi connectivity index (χ1v) is 12.4. The third-order valence-electron chi connectivity index (χ3n) is 2.56. The van der Waals surface area contributed by atoms with Gasteiger partial charge < -0.3 is 10.2 Å². The van der Waals surface area contributed by atoms with Crippen molar-refractivity contribution in [3.8, 4) is 0 Å². The smallest absolute Gasteiger partial charge is 0.344 e. The van der Waals surface area contributed by atoms with E-state index >= 15 is 0 Å². The summed E-state index contributed by atoms with van der Waals surface area (Å²) in [6, 6.07) is 0. The fraction of sp³-hybridized carbons (Fsp3) is 0.429. The monoisotopic (exact) mass is 440 g/mol. The highest BCUT2D eigenvalue weighted by Gasteiger charge is 2.35. The van der Waals surface area contributed by atoms with Crippen molar-refractivity contribution in [2.24, 2.45) is 0 Å². The van der Waals surface area contributed by atoms with Gasteiger partial charge in [0, 0.05) is 0 Å². The standard InChI is InChI=1S/C14H16O4S6/c1-3-5-19-11-12(20-6-4-2)24-14(23-11)13-21-7(9(15)16)8(22-13)10(17)18/h3-6H2,1-2H3,(H,15,16)(H,17,18). The zero-order chi connectivity index (χ0) is 17.7. The summed E-state index contributed by atoms with van der Waals surface area (Å²) in [7, 11) is 0. The number of thioether (sulfide) groups is 6. The Kier molecular flexibility index (Phi) is 8.42. The van der Waals surface area contributed by atoms with Crippen molar-refractivity contribution in [2.45, 2.75) is 26.7 Å². The molecule has 4 nitrogen and oxygen atoms in total. The molecule has 2 aliphatic heterocycles. The zero-order valence-corrected chi connectivity index (χ0v) is 17.9. The summed E-state index contributed by atoms with van der Waals surface area (Å²) in [4.78, 5) is 22.4. The summed E-state index contributed by atoms with van der Waals surface area (Å²) < 4.78 is 4.27. The average Bonchev–Trinajstić information content (AvgIpc) is 3.15. The van der Waals surface area contributed by atoms with Crippen molar-refractivity contribution in [2.75, 3.05) is 11.5 Å². The molecule has 2 heterocycles. The molecule has 0 aromatic carbocycles. The molecule has 10 heteroatoms. The van der Waals surface area contributed by atoms with E-state index in [0.29, 0.717) is 0 Å². The van der Waals surface area contributed by atoms with Crippen molar-refractivity contribution in [3.05, 3.63) is 26.8 Å². The number of hydrogen-bond donors (Lipinski definition) is 2. The first kappa shape index (κ1) is 20.6. The lowest BCUT2D eigenvalue weighted by molar-refractivity contribution is -0.134. The maximum Gasteiger partial charge on any atom is 0.344 e. The molecule has 24 heavy (non-hydrogen) atoms. The highest BCUT2D eigenvalue weighted by molar-refractivity contribution is 8.42. The number of aliphatic carboxylic acids is 2. The van der Waals surface area contributed by atoms with E-state index in [-0.39, 0.29) is 9.81 Å². The summed E-state index contributed by atoms with van der Waals surface area (Å²) in [5, 5.41) is 18.4. The van der Waals surface area contributed by atoms with Gasteiger partial charge in [-0.1, -0.05) is 60.9 Å². The van der Waals surface area contributed by atoms with Gasteiger partial charge in [0.1, 0.15) is 9.81 Å². The van der Waals surface area contributed by atoms with Crippen LogP contribution in [0.1, 0.15) is 26.7 Å². The predicted octanol–water partition coefficient (Wildman–Crippen LogP) is 5.87. The van der Waals surface area contributed by atoms with Crippen molar-refractivity contribution in [3.63, 3.8) is 0 Å². The first-order valence-electron chi connectivity index (χ1n) is 7.14. The van der Waals surface area contributed by atoms with Gasteiger partial charge in [-0.05, 0) is 24.3 Å². The Morgan fingerprint density at radius 3 is 1.50 bits per heavy atom. The van der Waals surface area contributed by atoms with Crippen LogP contribution in [0, 0.1) is 0 Å². The molecule has 0 fully saturated rings. The van der Waals surface area contributed by atoms with E-state index in [2.05, 4.69) is 13.8 Å². The summed E-state index contributed by atoms with van der Waals surface area (Å²) >= 11 is 9.05. The van der Waals surface area contributed by atoms with Gasteiger partial charge >= 0.3 is 11.9 Å². The first-order chi connectivity index (χ1) is 11.5. The third kappa shape index (κ3) is 5.14. The second-order valence-corrected chi connectivity index (χ2v) is 11.9. The van der Waals surface area contributed by atoms with E-state index < -0.39 is 11.9 Å². The van der Waals surface area contributed by atoms with Crippen molar-refractivity contribution in [1.29, 1.82) is 0 Å². The van der Waals surface area contributed by atoms with Crippen LogP contribution in [0.3, 0.4) is 0 Å². The Morgan fingerprint density at radius 1 is 0.792 bits per heavy atom. The lowest BCUT2D eigenvalue weighted by Gasteiger charge is -2.02. The van der Waals surface area contributed by atoms with Gasteiger partial charge in [-0.3, -0.25) is 0 Å². The molecule has 0 aliphatic carbocycles. The molecular weight excluding hydrogens is 425 g/mol. The van der Waals surface area contributed by atoms with E-state index in [4.69, 9.17) is 0 Å². The molecule has 0 bridgehead atoms. The third-order valence-corrected chi connectivity index (χ3v) is 11.6. The number of hydrogen-bond acceptors (Lipinski definition) is 8. The molecule has 0 radical (unpaired) electrons. The van der Waals surface area contributed by atoms with Crippen LogP contribution in [0.4, 0.5) is 0 Å². The second kappa shape index (κ2) is 9.82. The maximum atomic E-state index is 11.3. The van der Waals surface area contributed by atoms with Crippen LogP contribution in [0.15, 0.2) is 26.8 Å². The van der Waals surface area contributed by atoms with Gasteiger partial charge in [0.25, 0.3) is 0 Å². The van der Waals surface area contributed by atoms with Crippen LogP contribution < -0.4 is 0 Å². The highest BCUT2D eigenvalue weighted by atomic mass is 32.3. The molecule has 2 aliphatic rings. The molecule has 132 valence electrons. The predicted molar refractivity (Wildman–Crippen MR) is 112 cm³/mol. The molecule has 0 aromatic rings. The van der Waals surface area contributed by atoms with Crippen LogP contribution in [0.25, 0.3) is 0 Å². The van der Waals surface area contributed by atoms with E-state index in [0.717, 1.165) is 56.3 Å². The SMILES string of the molecule is CCCSC1=C(SCCC)SC(=C2SC(C(=O)O)=C(C(=O)O)S2)S1. The minimum Gasteiger partial charge on any atom is -0.477 e. The van der Waals surface area contributed by atoms with Crippen LogP contribution in [0.2, 0.25) is 0 Å². The lowest BCUT2D eigenvalue weighted by Crippen LogP contribution is -2.03. The van der Waals surface area contributed by atoms with Crippen LogP contribution in [0.5, 0.6) is 0 Å². The fourth-order valence-corrected chi connectivity index (χ4v) is 9.92. The molecule has 2 rings (SSSR count). The van der Waals surface area contributed by atoms with Gasteiger partial charge in [0.2, 0.25) is 0 Å². The summed E-state index contributed by atoms with van der Waals surface area (Å²) in [5.74, 6) is -0.271. The lowest BCUT2D eigenvalue weighted by atomic mass is 10.5. The maximum absolute atomic E-state index is 11.3. The van der Waals surface area contributed by atoms with Crippen LogP contribution in [-0.4, -0.2) is 33.7 Å². The van der Waals surface area contributed by atoms with Crippen molar-refractivity contribution < 1.29 is 19.8 Å². The molecule has 0 unspecified atom stereocenters. The van der Waals surface area contributed by atoms with Crippen molar-refractivity contribution in [1.82, 2.24) is 0 Å². The Labute approximate surface area is 166 Å². The molecule has 0 aromatic heterocycles. The minimum atomic E-state index is -1.18. The zero-order valence-electron chi connectivity index (χ0n) is 13.0. The summed E-state index contributed by atoms with van der Waals surface area (Å²) in [6.45, 7) is 4.28. The number of rotatable bonds is 8. The molecule has 0 atom stereocenters. The largest absolute Gasteiger partial charge is 0.477 e. The normalized spacial score (nSPS) is 18.1. The Morgan fingerprint density at radius 2 is 1.17 bits per heavy atom. The molecule has 0 spiro atoms. The Bertz CT molecular complexity index is 587. The Balaban J connectivity index is 2.18. The van der Waals surface area contributed by atoms with E-state index in [1.807, 2.05) is 23.5 Å². The molecule has 0 saturated heterocycles. The van der Waals surface area contributed by atoms with Gasteiger partial charge in [-0.15, -0.1) is 23.5 Å². The molecule has 0 saturated carbocycles. The average molecular weight is 441 g/mol. The fourth-order valence-electron chi connectivity index (χ4n) is 1.59. The quantitative estimate of drug-likeness (QED) is 0.479. The molecule has 0 amide bonds.